The molecule has 4 heteroatoms. The van der Waals surface area contributed by atoms with Gasteiger partial charge in [-0.1, -0.05) is 12.1 Å². The van der Waals surface area contributed by atoms with Gasteiger partial charge in [0.1, 0.15) is 12.4 Å². The summed E-state index contributed by atoms with van der Waals surface area (Å²) < 4.78 is 9.55. The molecule has 0 unspecified atom stereocenters. The molecule has 0 aliphatic rings. The van der Waals surface area contributed by atoms with Crippen molar-refractivity contribution < 1.29 is 19.1 Å². The number of ether oxygens (including phenoxy) is 2. The first-order valence-electron chi connectivity index (χ1n) is 4.01. The number of esters is 1. The fourth-order valence-electron chi connectivity index (χ4n) is 0.910. The Balaban J connectivity index is 2.51. The van der Waals surface area contributed by atoms with E-state index in [0.717, 1.165) is 11.3 Å². The highest BCUT2D eigenvalue weighted by atomic mass is 16.5. The Morgan fingerprint density at radius 3 is 2.50 bits per heavy atom. The number of hydrogen-bond donors (Lipinski definition) is 0. The van der Waals surface area contributed by atoms with Crippen molar-refractivity contribution in [3.05, 3.63) is 29.8 Å². The van der Waals surface area contributed by atoms with Crippen LogP contribution in [-0.2, 0) is 20.9 Å². The molecule has 14 heavy (non-hydrogen) atoms. The molecule has 0 spiro atoms. The van der Waals surface area contributed by atoms with Crippen LogP contribution in [0.5, 0.6) is 5.75 Å². The van der Waals surface area contributed by atoms with E-state index in [4.69, 9.17) is 4.74 Å². The van der Waals surface area contributed by atoms with Crippen LogP contribution in [0.1, 0.15) is 5.56 Å². The summed E-state index contributed by atoms with van der Waals surface area (Å²) in [6.45, 7) is 0.0988. The van der Waals surface area contributed by atoms with Crippen molar-refractivity contribution in [2.75, 3.05) is 7.11 Å². The van der Waals surface area contributed by atoms with Crippen molar-refractivity contribution in [2.24, 2.45) is 0 Å². The Bertz CT molecular complexity index is 315. The van der Waals surface area contributed by atoms with Gasteiger partial charge in [0.15, 0.2) is 0 Å². The van der Waals surface area contributed by atoms with Crippen molar-refractivity contribution in [2.45, 2.75) is 6.61 Å². The zero-order valence-corrected chi connectivity index (χ0v) is 7.73. The Morgan fingerprint density at radius 2 is 2.00 bits per heavy atom. The molecule has 1 rings (SSSR count). The first-order valence-corrected chi connectivity index (χ1v) is 4.01. The Labute approximate surface area is 81.4 Å². The average molecular weight is 194 g/mol. The summed E-state index contributed by atoms with van der Waals surface area (Å²) in [5.41, 5.74) is 0.806. The molecule has 0 atom stereocenters. The maximum atomic E-state index is 10.5. The summed E-state index contributed by atoms with van der Waals surface area (Å²) in [4.78, 5) is 20.4. The molecule has 74 valence electrons. The summed E-state index contributed by atoms with van der Waals surface area (Å²) in [6.07, 6.45) is 0.142. The van der Waals surface area contributed by atoms with E-state index in [1.54, 1.807) is 31.4 Å². The second-order valence-electron chi connectivity index (χ2n) is 2.57. The zero-order valence-electron chi connectivity index (χ0n) is 7.73. The number of aldehydes is 1. The van der Waals surface area contributed by atoms with Gasteiger partial charge in [0, 0.05) is 0 Å². The van der Waals surface area contributed by atoms with E-state index in [9.17, 15) is 9.59 Å². The van der Waals surface area contributed by atoms with Crippen molar-refractivity contribution in [1.82, 2.24) is 0 Å². The third-order valence-corrected chi connectivity index (χ3v) is 1.64. The number of methoxy groups -OCH3 is 1. The lowest BCUT2D eigenvalue weighted by molar-refractivity contribution is -0.149. The van der Waals surface area contributed by atoms with Gasteiger partial charge in [-0.15, -0.1) is 0 Å². The minimum Gasteiger partial charge on any atom is -0.497 e. The first kappa shape index (κ1) is 10.2. The molecular weight excluding hydrogens is 184 g/mol. The van der Waals surface area contributed by atoms with Gasteiger partial charge in [0.2, 0.25) is 6.29 Å². The minimum absolute atomic E-state index is 0.0988. The second kappa shape index (κ2) is 5.01. The van der Waals surface area contributed by atoms with Crippen LogP contribution in [0.25, 0.3) is 0 Å². The van der Waals surface area contributed by atoms with E-state index in [-0.39, 0.29) is 12.9 Å². The normalized spacial score (nSPS) is 9.21. The fourth-order valence-corrected chi connectivity index (χ4v) is 0.910. The van der Waals surface area contributed by atoms with Gasteiger partial charge in [-0.3, -0.25) is 4.79 Å². The second-order valence-corrected chi connectivity index (χ2v) is 2.57. The maximum Gasteiger partial charge on any atom is 0.371 e. The van der Waals surface area contributed by atoms with Crippen LogP contribution >= 0.6 is 0 Å². The summed E-state index contributed by atoms with van der Waals surface area (Å²) in [6, 6.07) is 7.03. The summed E-state index contributed by atoms with van der Waals surface area (Å²) in [5.74, 6) is -0.128. The van der Waals surface area contributed by atoms with Crippen LogP contribution in [0.3, 0.4) is 0 Å². The maximum absolute atomic E-state index is 10.5. The third kappa shape index (κ3) is 2.90. The SMILES string of the molecule is COc1ccc(COC(=O)C=O)cc1. The summed E-state index contributed by atoms with van der Waals surface area (Å²) >= 11 is 0. The molecule has 0 saturated carbocycles. The Hall–Kier alpha value is -1.84. The molecule has 1 aromatic rings. The lowest BCUT2D eigenvalue weighted by Crippen LogP contribution is -2.04. The van der Waals surface area contributed by atoms with Crippen molar-refractivity contribution in [3.8, 4) is 5.75 Å². The summed E-state index contributed by atoms with van der Waals surface area (Å²) in [7, 11) is 1.57. The molecule has 0 radical (unpaired) electrons. The predicted molar refractivity (Wildman–Crippen MR) is 48.9 cm³/mol. The van der Waals surface area contributed by atoms with E-state index in [1.165, 1.54) is 0 Å². The largest absolute Gasteiger partial charge is 0.497 e. The van der Waals surface area contributed by atoms with Crippen LogP contribution in [0.4, 0.5) is 0 Å². The molecule has 0 heterocycles. The fraction of sp³-hybridized carbons (Fsp3) is 0.200. The van der Waals surface area contributed by atoms with E-state index in [0.29, 0.717) is 0 Å². The predicted octanol–water partition coefficient (Wildman–Crippen LogP) is 0.937. The van der Waals surface area contributed by atoms with E-state index >= 15 is 0 Å². The number of benzene rings is 1. The van der Waals surface area contributed by atoms with Crippen molar-refractivity contribution >= 4 is 12.3 Å². The first-order chi connectivity index (χ1) is 6.76. The van der Waals surface area contributed by atoms with Gasteiger partial charge in [-0.2, -0.15) is 0 Å². The minimum atomic E-state index is -0.860. The Morgan fingerprint density at radius 1 is 1.36 bits per heavy atom. The monoisotopic (exact) mass is 194 g/mol. The quantitative estimate of drug-likeness (QED) is 0.406. The van der Waals surface area contributed by atoms with Crippen LogP contribution in [-0.4, -0.2) is 19.4 Å². The van der Waals surface area contributed by atoms with Crippen LogP contribution < -0.4 is 4.74 Å². The molecule has 0 aromatic heterocycles. The Kier molecular flexibility index (Phi) is 3.67. The molecule has 4 nitrogen and oxygen atoms in total. The molecule has 0 fully saturated rings. The van der Waals surface area contributed by atoms with E-state index < -0.39 is 5.97 Å². The number of carbonyl (C=O) groups excluding carboxylic acids is 2. The van der Waals surface area contributed by atoms with Crippen LogP contribution in [0.15, 0.2) is 24.3 Å². The molecule has 1 aromatic carbocycles. The highest BCUT2D eigenvalue weighted by Gasteiger charge is 2.00. The van der Waals surface area contributed by atoms with Gasteiger partial charge in [0.05, 0.1) is 7.11 Å². The zero-order chi connectivity index (χ0) is 10.4. The molecule has 0 saturated heterocycles. The lowest BCUT2D eigenvalue weighted by Gasteiger charge is -2.02. The number of hydrogen-bond acceptors (Lipinski definition) is 4. The lowest BCUT2D eigenvalue weighted by atomic mass is 10.2. The summed E-state index contributed by atoms with van der Waals surface area (Å²) in [5, 5.41) is 0. The van der Waals surface area contributed by atoms with Gasteiger partial charge >= 0.3 is 5.97 Å². The van der Waals surface area contributed by atoms with Crippen molar-refractivity contribution in [1.29, 1.82) is 0 Å². The molecular formula is C10H10O4. The standard InChI is InChI=1S/C10H10O4/c1-13-9-4-2-8(3-5-9)7-14-10(12)6-11/h2-6H,7H2,1H3. The molecule has 0 aliphatic heterocycles. The smallest absolute Gasteiger partial charge is 0.371 e. The van der Waals surface area contributed by atoms with Gasteiger partial charge in [-0.25, -0.2) is 4.79 Å². The third-order valence-electron chi connectivity index (χ3n) is 1.64. The van der Waals surface area contributed by atoms with Gasteiger partial charge in [0.25, 0.3) is 0 Å². The topological polar surface area (TPSA) is 52.6 Å². The highest BCUT2D eigenvalue weighted by molar-refractivity contribution is 6.20. The van der Waals surface area contributed by atoms with E-state index in [1.807, 2.05) is 0 Å². The molecule has 0 aliphatic carbocycles. The van der Waals surface area contributed by atoms with Gasteiger partial charge < -0.3 is 9.47 Å². The van der Waals surface area contributed by atoms with Crippen LogP contribution in [0.2, 0.25) is 0 Å². The van der Waals surface area contributed by atoms with Gasteiger partial charge in [-0.05, 0) is 17.7 Å². The molecule has 0 N–H and O–H groups in total. The molecule has 0 amide bonds. The average Bonchev–Trinajstić information content (AvgIpc) is 2.26. The number of carbonyl (C=O) groups is 2. The van der Waals surface area contributed by atoms with Crippen molar-refractivity contribution in [3.63, 3.8) is 0 Å². The number of rotatable bonds is 4. The van der Waals surface area contributed by atoms with Crippen LogP contribution in [0, 0.1) is 0 Å². The highest BCUT2D eigenvalue weighted by Crippen LogP contribution is 2.11. The van der Waals surface area contributed by atoms with E-state index in [2.05, 4.69) is 4.74 Å². The molecule has 0 bridgehead atoms.